The largest absolute Gasteiger partial charge is 0.493 e. The van der Waals surface area contributed by atoms with Gasteiger partial charge in [0.15, 0.2) is 0 Å². The molecule has 2 fully saturated rings. The van der Waals surface area contributed by atoms with Crippen LogP contribution in [0.2, 0.25) is 0 Å². The van der Waals surface area contributed by atoms with Crippen molar-refractivity contribution in [1.29, 1.82) is 0 Å². The third-order valence-electron chi connectivity index (χ3n) is 12.8. The van der Waals surface area contributed by atoms with Gasteiger partial charge < -0.3 is 42.6 Å². The monoisotopic (exact) mass is 1020 g/mol. The van der Waals surface area contributed by atoms with Gasteiger partial charge in [-0.05, 0) is 92.3 Å². The van der Waals surface area contributed by atoms with Gasteiger partial charge in [-0.25, -0.2) is 3.63 Å². The molecule has 2 atom stereocenters. The zero-order valence-corrected chi connectivity index (χ0v) is 45.9. The van der Waals surface area contributed by atoms with Gasteiger partial charge in [0.2, 0.25) is 0 Å². The summed E-state index contributed by atoms with van der Waals surface area (Å²) in [6.45, 7) is 24.9. The number of fused-ring (bicyclic) bond motifs is 2. The summed E-state index contributed by atoms with van der Waals surface area (Å²) in [6, 6.07) is 10.7. The molecule has 5 rings (SSSR count). The Bertz CT molecular complexity index is 1990. The average Bonchev–Trinajstić information content (AvgIpc) is 3.68. The standard InChI is InChI=1S/C55H84O13S2/c1-12-23-59-41-33-44(62-26-15-4)51(45(34-41)63-27-16-5)70(68-69(57,58)39-55-22-21-40(32-50(55)56)54(55,10)11,52-46(64-28-17-6)35-42(60-24-13-2)36-47(52)65-29-18-7)53-48(66-30-19-8)37-43(61-25-14-3)38-49(53)67-31-20-9/h33-38,40H,12-32,39H2,1-11H3. The number of Topliss-reactive ketones (excluding diaryl/α,β-unsaturated/α-hetero) is 1. The maximum atomic E-state index is 16.2. The maximum absolute atomic E-state index is 16.2. The first-order chi connectivity index (χ1) is 33.7. The molecule has 2 unspecified atom stereocenters. The molecule has 13 nitrogen and oxygen atoms in total. The van der Waals surface area contributed by atoms with Crippen LogP contribution in [0.25, 0.3) is 0 Å². The minimum Gasteiger partial charge on any atom is -0.493 e. The van der Waals surface area contributed by atoms with Crippen molar-refractivity contribution in [3.8, 4) is 51.7 Å². The molecular formula is C55H84O13S2. The Kier molecular flexibility index (Phi) is 21.4. The van der Waals surface area contributed by atoms with Crippen molar-refractivity contribution in [2.24, 2.45) is 16.7 Å². The summed E-state index contributed by atoms with van der Waals surface area (Å²) in [5.74, 6) is 2.44. The Balaban J connectivity index is 2.18. The number of ether oxygens (including phenoxy) is 9. The quantitative estimate of drug-likeness (QED) is 0.0560. The SMILES string of the molecule is CCCOc1cc(OCCC)c(S(OS(=O)(=O)CC23CCC(CC2=O)C3(C)C)(c2c(OCCC)cc(OCCC)cc2OCCC)c2c(OCCC)cc(OCCC)cc2OCCC)c(OCCC)c1. The van der Waals surface area contributed by atoms with Gasteiger partial charge in [0.25, 0.3) is 10.1 Å². The topological polar surface area (TPSA) is 144 Å². The number of hydrogen-bond donors (Lipinski definition) is 0. The lowest BCUT2D eigenvalue weighted by Crippen LogP contribution is -2.42. The molecule has 3 aromatic rings. The smallest absolute Gasteiger partial charge is 0.278 e. The highest BCUT2D eigenvalue weighted by atomic mass is 32.3. The number of rotatable bonds is 34. The average molecular weight is 1020 g/mol. The molecule has 0 heterocycles. The second kappa shape index (κ2) is 26.5. The van der Waals surface area contributed by atoms with Crippen molar-refractivity contribution in [2.45, 2.75) is 168 Å². The van der Waals surface area contributed by atoms with E-state index in [0.29, 0.717) is 88.4 Å². The molecule has 2 aliphatic rings. The molecular weight excluding hydrogens is 933 g/mol. The Morgan fingerprint density at radius 2 is 0.729 bits per heavy atom. The molecule has 394 valence electrons. The highest BCUT2D eigenvalue weighted by molar-refractivity contribution is 8.33. The van der Waals surface area contributed by atoms with Gasteiger partial charge in [0, 0.05) is 42.8 Å². The molecule has 3 aromatic carbocycles. The van der Waals surface area contributed by atoms with Gasteiger partial charge in [0.05, 0.1) is 70.6 Å². The van der Waals surface area contributed by atoms with Gasteiger partial charge in [0.1, 0.15) is 72.2 Å². The van der Waals surface area contributed by atoms with Crippen LogP contribution in [0.1, 0.15) is 153 Å². The molecule has 2 bridgehead atoms. The molecule has 0 aromatic heterocycles. The van der Waals surface area contributed by atoms with Crippen LogP contribution < -0.4 is 42.6 Å². The van der Waals surface area contributed by atoms with Crippen molar-refractivity contribution in [1.82, 2.24) is 0 Å². The second-order valence-electron chi connectivity index (χ2n) is 18.9. The van der Waals surface area contributed by atoms with Gasteiger partial charge >= 0.3 is 0 Å². The van der Waals surface area contributed by atoms with Crippen LogP contribution in [-0.4, -0.2) is 79.4 Å². The summed E-state index contributed by atoms with van der Waals surface area (Å²) in [4.78, 5) is 15.2. The fourth-order valence-electron chi connectivity index (χ4n) is 9.33. The van der Waals surface area contributed by atoms with Crippen LogP contribution in [0.3, 0.4) is 0 Å². The lowest BCUT2D eigenvalue weighted by atomic mass is 9.70. The van der Waals surface area contributed by atoms with Crippen LogP contribution in [0.15, 0.2) is 51.1 Å². The maximum Gasteiger partial charge on any atom is 0.278 e. The van der Waals surface area contributed by atoms with Crippen molar-refractivity contribution >= 4 is 26.2 Å². The molecule has 0 saturated heterocycles. The number of ketones is 1. The Morgan fingerprint density at radius 3 is 0.957 bits per heavy atom. The van der Waals surface area contributed by atoms with Crippen molar-refractivity contribution < 1.29 is 59.5 Å². The second-order valence-corrected chi connectivity index (χ2v) is 23.2. The fourth-order valence-corrected chi connectivity index (χ4v) is 15.9. The van der Waals surface area contributed by atoms with E-state index < -0.39 is 37.0 Å². The first kappa shape index (κ1) is 56.7. The van der Waals surface area contributed by atoms with Gasteiger partial charge in [-0.2, -0.15) is 8.42 Å². The van der Waals surface area contributed by atoms with E-state index in [4.69, 9.17) is 46.3 Å². The molecule has 70 heavy (non-hydrogen) atoms. The summed E-state index contributed by atoms with van der Waals surface area (Å²) < 4.78 is 100. The zero-order chi connectivity index (χ0) is 51.0. The Labute approximate surface area is 421 Å². The third-order valence-corrected chi connectivity index (χ3v) is 18.2. The van der Waals surface area contributed by atoms with Crippen LogP contribution in [0.5, 0.6) is 51.7 Å². The minimum absolute atomic E-state index is 0.0450. The van der Waals surface area contributed by atoms with E-state index in [1.807, 2.05) is 76.2 Å². The van der Waals surface area contributed by atoms with E-state index in [2.05, 4.69) is 0 Å². The third kappa shape index (κ3) is 12.7. The van der Waals surface area contributed by atoms with Gasteiger partial charge in [-0.1, -0.05) is 76.2 Å². The number of benzene rings is 3. The van der Waals surface area contributed by atoms with Crippen LogP contribution in [0, 0.1) is 16.7 Å². The first-order valence-electron chi connectivity index (χ1n) is 26.2. The zero-order valence-electron chi connectivity index (χ0n) is 44.2. The van der Waals surface area contributed by atoms with Crippen LogP contribution in [-0.2, 0) is 18.5 Å². The predicted molar refractivity (Wildman–Crippen MR) is 277 cm³/mol. The lowest BCUT2D eigenvalue weighted by molar-refractivity contribution is -0.128. The molecule has 2 saturated carbocycles. The van der Waals surface area contributed by atoms with Crippen molar-refractivity contribution in [3.05, 3.63) is 36.4 Å². The molecule has 0 aliphatic heterocycles. The van der Waals surface area contributed by atoms with E-state index >= 15 is 8.42 Å². The Hall–Kier alpha value is -4.21. The highest BCUT2D eigenvalue weighted by Crippen LogP contribution is 2.81. The summed E-state index contributed by atoms with van der Waals surface area (Å²) >= 11 is 0. The number of carbonyl (C=O) groups is 1. The molecule has 0 amide bonds. The van der Waals surface area contributed by atoms with Crippen molar-refractivity contribution in [2.75, 3.05) is 65.2 Å². The predicted octanol–water partition coefficient (Wildman–Crippen LogP) is 13.7. The normalized spacial score (nSPS) is 17.6. The van der Waals surface area contributed by atoms with Crippen LogP contribution in [0.4, 0.5) is 0 Å². The van der Waals surface area contributed by atoms with E-state index in [0.717, 1.165) is 25.7 Å². The van der Waals surface area contributed by atoms with Gasteiger partial charge in [-0.15, -0.1) is 0 Å². The summed E-state index contributed by atoms with van der Waals surface area (Å²) in [6.07, 6.45) is 7.38. The summed E-state index contributed by atoms with van der Waals surface area (Å²) in [5, 5.41) is 0. The van der Waals surface area contributed by atoms with E-state index in [1.165, 1.54) is 0 Å². The number of hydrogen-bond acceptors (Lipinski definition) is 13. The first-order valence-corrected chi connectivity index (χ1v) is 29.3. The molecule has 15 heteroatoms. The van der Waals surface area contributed by atoms with Crippen molar-refractivity contribution in [3.63, 3.8) is 0 Å². The molecule has 0 radical (unpaired) electrons. The molecule has 0 spiro atoms. The highest BCUT2D eigenvalue weighted by Gasteiger charge is 2.66. The fraction of sp³-hybridized carbons (Fsp3) is 0.655. The van der Waals surface area contributed by atoms with E-state index in [-0.39, 0.29) is 101 Å². The summed E-state index contributed by atoms with van der Waals surface area (Å²) in [5.41, 5.74) is -1.82. The minimum atomic E-state index is -4.82. The number of carbonyl (C=O) groups excluding carboxylic acids is 1. The summed E-state index contributed by atoms with van der Waals surface area (Å²) in [7, 11) is -8.82. The van der Waals surface area contributed by atoms with E-state index in [1.54, 1.807) is 36.4 Å². The lowest BCUT2D eigenvalue weighted by Gasteiger charge is -2.44. The Morgan fingerprint density at radius 1 is 0.457 bits per heavy atom. The van der Waals surface area contributed by atoms with Crippen LogP contribution >= 0.6 is 10.3 Å². The van der Waals surface area contributed by atoms with Gasteiger partial charge in [-0.3, -0.25) is 4.79 Å². The van der Waals surface area contributed by atoms with E-state index in [9.17, 15) is 4.79 Å². The molecule has 0 N–H and O–H groups in total. The molecule has 2 aliphatic carbocycles.